The Morgan fingerprint density at radius 2 is 1.82 bits per heavy atom. The van der Waals surface area contributed by atoms with E-state index in [-0.39, 0.29) is 11.9 Å². The minimum absolute atomic E-state index is 0.153. The number of carbonyl (C=O) groups is 1. The molecule has 0 bridgehead atoms. The maximum absolute atomic E-state index is 12.2. The Bertz CT molecular complexity index is 302. The van der Waals surface area contributed by atoms with Crippen molar-refractivity contribution in [3.8, 4) is 6.07 Å². The van der Waals surface area contributed by atoms with Gasteiger partial charge in [-0.05, 0) is 38.0 Å². The molecule has 0 aromatic carbocycles. The highest BCUT2D eigenvalue weighted by molar-refractivity contribution is 5.77. The minimum Gasteiger partial charge on any atom is -0.327 e. The number of nitriles is 1. The van der Waals surface area contributed by atoms with Gasteiger partial charge in [0.1, 0.15) is 6.04 Å². The lowest BCUT2D eigenvalue weighted by molar-refractivity contribution is -0.134. The van der Waals surface area contributed by atoms with Gasteiger partial charge in [0.2, 0.25) is 5.91 Å². The molecule has 0 radical (unpaired) electrons. The van der Waals surface area contributed by atoms with Crippen molar-refractivity contribution in [1.82, 2.24) is 4.90 Å². The fourth-order valence-electron chi connectivity index (χ4n) is 3.12. The van der Waals surface area contributed by atoms with E-state index in [0.717, 1.165) is 25.8 Å². The fraction of sp³-hybridized carbons (Fsp3) is 0.857. The van der Waals surface area contributed by atoms with Crippen LogP contribution in [0.2, 0.25) is 0 Å². The van der Waals surface area contributed by atoms with Gasteiger partial charge in [0.15, 0.2) is 0 Å². The summed E-state index contributed by atoms with van der Waals surface area (Å²) in [4.78, 5) is 14.0. The van der Waals surface area contributed by atoms with Crippen LogP contribution in [-0.2, 0) is 4.79 Å². The zero-order chi connectivity index (χ0) is 12.1. The molecule has 0 spiro atoms. The average Bonchev–Trinajstić information content (AvgIpc) is 2.40. The lowest BCUT2D eigenvalue weighted by Crippen LogP contribution is -2.43. The third-order valence-electron chi connectivity index (χ3n) is 4.16. The Morgan fingerprint density at radius 1 is 1.12 bits per heavy atom. The molecule has 0 aromatic heterocycles. The Hall–Kier alpha value is -1.04. The summed E-state index contributed by atoms with van der Waals surface area (Å²) >= 11 is 0. The molecule has 94 valence electrons. The monoisotopic (exact) mass is 234 g/mol. The Kier molecular flexibility index (Phi) is 4.42. The van der Waals surface area contributed by atoms with E-state index in [1.165, 1.54) is 32.1 Å². The Balaban J connectivity index is 1.87. The summed E-state index contributed by atoms with van der Waals surface area (Å²) < 4.78 is 0. The first-order valence-electron chi connectivity index (χ1n) is 7.00. The van der Waals surface area contributed by atoms with Crippen molar-refractivity contribution in [2.75, 3.05) is 6.54 Å². The SMILES string of the molecule is N#CC1CCCCN1C(=O)CC1CCCCC1. The quantitative estimate of drug-likeness (QED) is 0.737. The molecule has 1 aliphatic carbocycles. The molecule has 1 atom stereocenters. The van der Waals surface area contributed by atoms with Gasteiger partial charge in [-0.25, -0.2) is 0 Å². The molecule has 3 heteroatoms. The van der Waals surface area contributed by atoms with Crippen molar-refractivity contribution in [1.29, 1.82) is 5.26 Å². The second-order valence-corrected chi connectivity index (χ2v) is 5.44. The van der Waals surface area contributed by atoms with E-state index in [1.54, 1.807) is 0 Å². The zero-order valence-electron chi connectivity index (χ0n) is 10.5. The van der Waals surface area contributed by atoms with Gasteiger partial charge in [-0.3, -0.25) is 4.79 Å². The molecule has 0 aromatic rings. The molecule has 1 amide bonds. The maximum Gasteiger partial charge on any atom is 0.223 e. The normalized spacial score (nSPS) is 26.5. The predicted molar refractivity (Wildman–Crippen MR) is 66.2 cm³/mol. The molecule has 2 aliphatic rings. The summed E-state index contributed by atoms with van der Waals surface area (Å²) in [5.74, 6) is 0.806. The lowest BCUT2D eigenvalue weighted by Gasteiger charge is -2.33. The Labute approximate surface area is 104 Å². The van der Waals surface area contributed by atoms with E-state index in [2.05, 4.69) is 6.07 Å². The molecule has 0 N–H and O–H groups in total. The second kappa shape index (κ2) is 6.05. The van der Waals surface area contributed by atoms with Gasteiger partial charge in [0.05, 0.1) is 6.07 Å². The summed E-state index contributed by atoms with van der Waals surface area (Å²) in [7, 11) is 0. The van der Waals surface area contributed by atoms with Gasteiger partial charge in [0, 0.05) is 13.0 Å². The lowest BCUT2D eigenvalue weighted by atomic mass is 9.86. The van der Waals surface area contributed by atoms with E-state index in [1.807, 2.05) is 4.90 Å². The molecule has 1 heterocycles. The molecule has 1 saturated carbocycles. The van der Waals surface area contributed by atoms with Crippen molar-refractivity contribution < 1.29 is 4.79 Å². The van der Waals surface area contributed by atoms with Crippen molar-refractivity contribution in [3.05, 3.63) is 0 Å². The van der Waals surface area contributed by atoms with E-state index in [0.29, 0.717) is 12.3 Å². The van der Waals surface area contributed by atoms with E-state index in [4.69, 9.17) is 5.26 Å². The molecule has 1 saturated heterocycles. The number of carbonyl (C=O) groups excluding carboxylic acids is 1. The molecule has 1 unspecified atom stereocenters. The fourth-order valence-corrected chi connectivity index (χ4v) is 3.12. The number of hydrogen-bond donors (Lipinski definition) is 0. The van der Waals surface area contributed by atoms with Crippen molar-refractivity contribution in [3.63, 3.8) is 0 Å². The molecule has 1 aliphatic heterocycles. The predicted octanol–water partition coefficient (Wildman–Crippen LogP) is 2.86. The molecule has 2 rings (SSSR count). The molecule has 3 nitrogen and oxygen atoms in total. The van der Waals surface area contributed by atoms with Gasteiger partial charge in [-0.2, -0.15) is 5.26 Å². The maximum atomic E-state index is 12.2. The second-order valence-electron chi connectivity index (χ2n) is 5.44. The van der Waals surface area contributed by atoms with E-state index >= 15 is 0 Å². The van der Waals surface area contributed by atoms with Crippen LogP contribution in [0.3, 0.4) is 0 Å². The van der Waals surface area contributed by atoms with Crippen molar-refractivity contribution in [2.24, 2.45) is 5.92 Å². The average molecular weight is 234 g/mol. The largest absolute Gasteiger partial charge is 0.327 e. The van der Waals surface area contributed by atoms with Crippen LogP contribution in [0, 0.1) is 17.2 Å². The highest BCUT2D eigenvalue weighted by atomic mass is 16.2. The van der Waals surface area contributed by atoms with Crippen molar-refractivity contribution >= 4 is 5.91 Å². The number of amides is 1. The van der Waals surface area contributed by atoms with E-state index < -0.39 is 0 Å². The molecular formula is C14H22N2O. The number of piperidine rings is 1. The molecule has 2 fully saturated rings. The van der Waals surface area contributed by atoms with Crippen LogP contribution in [0.1, 0.15) is 57.8 Å². The highest BCUT2D eigenvalue weighted by Gasteiger charge is 2.28. The number of rotatable bonds is 2. The van der Waals surface area contributed by atoms with E-state index in [9.17, 15) is 4.79 Å². The Morgan fingerprint density at radius 3 is 2.53 bits per heavy atom. The number of hydrogen-bond acceptors (Lipinski definition) is 2. The van der Waals surface area contributed by atoms with Crippen LogP contribution in [0.25, 0.3) is 0 Å². The molecular weight excluding hydrogens is 212 g/mol. The standard InChI is InChI=1S/C14H22N2O/c15-11-13-8-4-5-9-16(13)14(17)10-12-6-2-1-3-7-12/h12-13H,1-10H2. The van der Waals surface area contributed by atoms with Crippen LogP contribution < -0.4 is 0 Å². The van der Waals surface area contributed by atoms with Gasteiger partial charge in [-0.15, -0.1) is 0 Å². The van der Waals surface area contributed by atoms with Crippen LogP contribution in [0.4, 0.5) is 0 Å². The summed E-state index contributed by atoms with van der Waals surface area (Å²) in [6.07, 6.45) is 9.99. The summed E-state index contributed by atoms with van der Waals surface area (Å²) in [5, 5.41) is 9.07. The van der Waals surface area contributed by atoms with Crippen LogP contribution in [0.15, 0.2) is 0 Å². The highest BCUT2D eigenvalue weighted by Crippen LogP contribution is 2.28. The van der Waals surface area contributed by atoms with Crippen molar-refractivity contribution in [2.45, 2.75) is 63.8 Å². The van der Waals surface area contributed by atoms with Gasteiger partial charge >= 0.3 is 0 Å². The first-order chi connectivity index (χ1) is 8.31. The van der Waals surface area contributed by atoms with Crippen LogP contribution in [-0.4, -0.2) is 23.4 Å². The first-order valence-corrected chi connectivity index (χ1v) is 7.00. The van der Waals surface area contributed by atoms with Crippen LogP contribution >= 0.6 is 0 Å². The number of nitrogens with zero attached hydrogens (tertiary/aromatic N) is 2. The number of likely N-dealkylation sites (tertiary alicyclic amines) is 1. The smallest absolute Gasteiger partial charge is 0.223 e. The van der Waals surface area contributed by atoms with Gasteiger partial charge < -0.3 is 4.90 Å². The van der Waals surface area contributed by atoms with Gasteiger partial charge in [-0.1, -0.05) is 19.3 Å². The zero-order valence-corrected chi connectivity index (χ0v) is 10.5. The van der Waals surface area contributed by atoms with Gasteiger partial charge in [0.25, 0.3) is 0 Å². The minimum atomic E-state index is -0.153. The summed E-state index contributed by atoms with van der Waals surface area (Å²) in [6.45, 7) is 0.795. The molecule has 17 heavy (non-hydrogen) atoms. The summed E-state index contributed by atoms with van der Waals surface area (Å²) in [6, 6.07) is 2.12. The first kappa shape index (κ1) is 12.4. The summed E-state index contributed by atoms with van der Waals surface area (Å²) in [5.41, 5.74) is 0. The topological polar surface area (TPSA) is 44.1 Å². The van der Waals surface area contributed by atoms with Crippen LogP contribution in [0.5, 0.6) is 0 Å². The third kappa shape index (κ3) is 3.21. The third-order valence-corrected chi connectivity index (χ3v) is 4.16.